The summed E-state index contributed by atoms with van der Waals surface area (Å²) >= 11 is 9.09. The average molecular weight is 367 g/mol. The van der Waals surface area contributed by atoms with Gasteiger partial charge in [0.1, 0.15) is 5.82 Å². The number of nitrogens with zero attached hydrogens (tertiary/aromatic N) is 1. The van der Waals surface area contributed by atoms with E-state index in [1.54, 1.807) is 6.20 Å². The molecule has 6 heteroatoms. The number of hydrogen-bond acceptors (Lipinski definition) is 3. The smallest absolute Gasteiger partial charge is 0.144 e. The highest BCUT2D eigenvalue weighted by molar-refractivity contribution is 9.10. The first-order valence-corrected chi connectivity index (χ1v) is 7.27. The Kier molecular flexibility index (Phi) is 3.69. The predicted molar refractivity (Wildman–Crippen MR) is 88.5 cm³/mol. The molecule has 0 fully saturated rings. The zero-order valence-corrected chi connectivity index (χ0v) is 13.0. The molecule has 3 N–H and O–H groups in total. The van der Waals surface area contributed by atoms with Crippen LogP contribution in [-0.2, 0) is 0 Å². The second-order valence-electron chi connectivity index (χ2n) is 4.51. The Morgan fingerprint density at radius 3 is 2.81 bits per heavy atom. The van der Waals surface area contributed by atoms with E-state index in [0.29, 0.717) is 11.4 Å². The van der Waals surface area contributed by atoms with Gasteiger partial charge in [-0.15, -0.1) is 0 Å². The minimum absolute atomic E-state index is 0.00183. The Balaban J connectivity index is 2.08. The Hall–Kier alpha value is -1.85. The zero-order valence-electron chi connectivity index (χ0n) is 10.7. The van der Waals surface area contributed by atoms with E-state index in [2.05, 4.69) is 26.2 Å². The molecular formula is C15H10BrClFN3. The van der Waals surface area contributed by atoms with Gasteiger partial charge in [-0.3, -0.25) is 4.98 Å². The fourth-order valence-corrected chi connectivity index (χ4v) is 2.57. The molecule has 2 aromatic carbocycles. The van der Waals surface area contributed by atoms with Crippen molar-refractivity contribution in [3.63, 3.8) is 0 Å². The van der Waals surface area contributed by atoms with E-state index in [0.717, 1.165) is 21.1 Å². The van der Waals surface area contributed by atoms with Crippen LogP contribution in [-0.4, -0.2) is 4.98 Å². The first kappa shape index (κ1) is 14.1. The quantitative estimate of drug-likeness (QED) is 0.619. The maximum atomic E-state index is 13.6. The van der Waals surface area contributed by atoms with Gasteiger partial charge >= 0.3 is 0 Å². The molecule has 0 bridgehead atoms. The van der Waals surface area contributed by atoms with Crippen molar-refractivity contribution in [2.24, 2.45) is 0 Å². The van der Waals surface area contributed by atoms with E-state index >= 15 is 0 Å². The summed E-state index contributed by atoms with van der Waals surface area (Å²) in [5.74, 6) is -0.524. The standard InChI is InChI=1S/C15H10BrClFN3/c16-9-4-8-2-1-3-13(15(8)20-7-9)21-14-6-11(18)10(17)5-12(14)19/h1-7,21H,19H2. The molecule has 3 nitrogen and oxygen atoms in total. The molecule has 1 aromatic heterocycles. The minimum atomic E-state index is -0.524. The first-order valence-electron chi connectivity index (χ1n) is 6.10. The van der Waals surface area contributed by atoms with Gasteiger partial charge < -0.3 is 11.1 Å². The number of aromatic nitrogens is 1. The van der Waals surface area contributed by atoms with Crippen LogP contribution in [0.1, 0.15) is 0 Å². The van der Waals surface area contributed by atoms with Gasteiger partial charge in [0.05, 0.1) is 27.6 Å². The summed E-state index contributed by atoms with van der Waals surface area (Å²) in [7, 11) is 0. The largest absolute Gasteiger partial charge is 0.397 e. The number of rotatable bonds is 2. The van der Waals surface area contributed by atoms with Crippen molar-refractivity contribution in [3.8, 4) is 0 Å². The fraction of sp³-hybridized carbons (Fsp3) is 0. The first-order chi connectivity index (χ1) is 10.0. The van der Waals surface area contributed by atoms with Gasteiger partial charge in [0, 0.05) is 22.1 Å². The van der Waals surface area contributed by atoms with Crippen LogP contribution in [0.25, 0.3) is 10.9 Å². The summed E-state index contributed by atoms with van der Waals surface area (Å²) in [6.45, 7) is 0. The Labute approximate surface area is 134 Å². The topological polar surface area (TPSA) is 50.9 Å². The highest BCUT2D eigenvalue weighted by atomic mass is 79.9. The van der Waals surface area contributed by atoms with Gasteiger partial charge in [-0.05, 0) is 34.1 Å². The maximum absolute atomic E-state index is 13.6. The van der Waals surface area contributed by atoms with Crippen molar-refractivity contribution in [1.82, 2.24) is 4.98 Å². The number of nitrogens with one attached hydrogen (secondary N) is 1. The lowest BCUT2D eigenvalue weighted by Crippen LogP contribution is -1.99. The third kappa shape index (κ3) is 2.80. The molecule has 106 valence electrons. The monoisotopic (exact) mass is 365 g/mol. The van der Waals surface area contributed by atoms with Crippen LogP contribution in [0.3, 0.4) is 0 Å². The van der Waals surface area contributed by atoms with Crippen LogP contribution in [0, 0.1) is 5.82 Å². The number of benzene rings is 2. The molecule has 0 aliphatic heterocycles. The summed E-state index contributed by atoms with van der Waals surface area (Å²) < 4.78 is 14.5. The van der Waals surface area contributed by atoms with Gasteiger partial charge in [-0.25, -0.2) is 4.39 Å². The lowest BCUT2D eigenvalue weighted by Gasteiger charge is -2.12. The van der Waals surface area contributed by atoms with E-state index in [4.69, 9.17) is 17.3 Å². The molecule has 0 saturated heterocycles. The number of anilines is 3. The molecule has 3 aromatic rings. The van der Waals surface area contributed by atoms with Crippen LogP contribution in [0.5, 0.6) is 0 Å². The molecule has 0 spiro atoms. The van der Waals surface area contributed by atoms with Crippen molar-refractivity contribution >= 4 is 55.5 Å². The number of hydrogen-bond donors (Lipinski definition) is 2. The molecule has 3 rings (SSSR count). The second kappa shape index (κ2) is 5.50. The van der Waals surface area contributed by atoms with Crippen LogP contribution < -0.4 is 11.1 Å². The summed E-state index contributed by atoms with van der Waals surface area (Å²) in [5, 5.41) is 4.06. The minimum Gasteiger partial charge on any atom is -0.397 e. The third-order valence-corrected chi connectivity index (χ3v) is 3.76. The third-order valence-electron chi connectivity index (χ3n) is 3.04. The second-order valence-corrected chi connectivity index (χ2v) is 5.83. The highest BCUT2D eigenvalue weighted by Gasteiger charge is 2.09. The lowest BCUT2D eigenvalue weighted by molar-refractivity contribution is 0.629. The van der Waals surface area contributed by atoms with Crippen molar-refractivity contribution < 1.29 is 4.39 Å². The number of para-hydroxylation sites is 1. The lowest BCUT2D eigenvalue weighted by atomic mass is 10.1. The van der Waals surface area contributed by atoms with E-state index < -0.39 is 5.82 Å². The number of halogens is 3. The summed E-state index contributed by atoms with van der Waals surface area (Å²) in [5.41, 5.74) is 8.21. The molecular weight excluding hydrogens is 357 g/mol. The Morgan fingerprint density at radius 2 is 2.00 bits per heavy atom. The van der Waals surface area contributed by atoms with Crippen molar-refractivity contribution in [2.45, 2.75) is 0 Å². The van der Waals surface area contributed by atoms with Crippen LogP contribution in [0.2, 0.25) is 5.02 Å². The van der Waals surface area contributed by atoms with Crippen LogP contribution in [0.15, 0.2) is 47.1 Å². The normalized spacial score (nSPS) is 10.8. The van der Waals surface area contributed by atoms with E-state index in [1.165, 1.54) is 12.1 Å². The highest BCUT2D eigenvalue weighted by Crippen LogP contribution is 2.31. The number of fused-ring (bicyclic) bond motifs is 1. The Morgan fingerprint density at radius 1 is 1.19 bits per heavy atom. The SMILES string of the molecule is Nc1cc(Cl)c(F)cc1Nc1cccc2cc(Br)cnc12. The molecule has 0 atom stereocenters. The van der Waals surface area contributed by atoms with Gasteiger partial charge in [0.25, 0.3) is 0 Å². The number of nitrogen functional groups attached to an aromatic ring is 1. The molecule has 1 heterocycles. The van der Waals surface area contributed by atoms with E-state index in [-0.39, 0.29) is 5.02 Å². The molecule has 0 radical (unpaired) electrons. The van der Waals surface area contributed by atoms with Crippen LogP contribution >= 0.6 is 27.5 Å². The van der Waals surface area contributed by atoms with Crippen molar-refractivity contribution in [3.05, 3.63) is 57.9 Å². The Bertz CT molecular complexity index is 839. The van der Waals surface area contributed by atoms with E-state index in [9.17, 15) is 4.39 Å². The van der Waals surface area contributed by atoms with Gasteiger partial charge in [0.2, 0.25) is 0 Å². The van der Waals surface area contributed by atoms with E-state index in [1.807, 2.05) is 24.3 Å². The van der Waals surface area contributed by atoms with Crippen molar-refractivity contribution in [1.29, 1.82) is 0 Å². The zero-order chi connectivity index (χ0) is 15.0. The molecule has 0 unspecified atom stereocenters. The van der Waals surface area contributed by atoms with Gasteiger partial charge in [-0.2, -0.15) is 0 Å². The number of pyridine rings is 1. The van der Waals surface area contributed by atoms with Gasteiger partial charge in [-0.1, -0.05) is 23.7 Å². The molecule has 21 heavy (non-hydrogen) atoms. The fourth-order valence-electron chi connectivity index (χ4n) is 2.05. The maximum Gasteiger partial charge on any atom is 0.144 e. The summed E-state index contributed by atoms with van der Waals surface area (Å²) in [6.07, 6.45) is 1.71. The summed E-state index contributed by atoms with van der Waals surface area (Å²) in [6, 6.07) is 10.3. The molecule has 0 aliphatic rings. The number of nitrogens with two attached hydrogens (primary N) is 1. The van der Waals surface area contributed by atoms with Crippen LogP contribution in [0.4, 0.5) is 21.5 Å². The van der Waals surface area contributed by atoms with Gasteiger partial charge in [0.15, 0.2) is 0 Å². The average Bonchev–Trinajstić information content (AvgIpc) is 2.44. The predicted octanol–water partition coefficient (Wildman–Crippen LogP) is 5.12. The van der Waals surface area contributed by atoms with Crippen molar-refractivity contribution in [2.75, 3.05) is 11.1 Å². The molecule has 0 saturated carbocycles. The molecule has 0 aliphatic carbocycles. The summed E-state index contributed by atoms with van der Waals surface area (Å²) in [4.78, 5) is 4.38. The molecule has 0 amide bonds.